The zero-order chi connectivity index (χ0) is 19.4. The van der Waals surface area contributed by atoms with E-state index >= 15 is 0 Å². The second kappa shape index (κ2) is 8.24. The van der Waals surface area contributed by atoms with Crippen molar-refractivity contribution in [3.05, 3.63) is 52.4 Å². The van der Waals surface area contributed by atoms with E-state index in [4.69, 9.17) is 4.52 Å². The highest BCUT2D eigenvalue weighted by molar-refractivity contribution is 5.78. The van der Waals surface area contributed by atoms with Crippen molar-refractivity contribution in [1.29, 1.82) is 0 Å². The van der Waals surface area contributed by atoms with Crippen LogP contribution in [0.15, 0.2) is 28.8 Å². The van der Waals surface area contributed by atoms with Crippen molar-refractivity contribution in [2.45, 2.75) is 46.3 Å². The minimum Gasteiger partial charge on any atom is -0.361 e. The maximum atomic E-state index is 12.4. The van der Waals surface area contributed by atoms with Crippen molar-refractivity contribution in [2.75, 3.05) is 13.6 Å². The van der Waals surface area contributed by atoms with Crippen LogP contribution in [0.1, 0.15) is 41.0 Å². The summed E-state index contributed by atoms with van der Waals surface area (Å²) in [5, 5.41) is 6.85. The lowest BCUT2D eigenvalue weighted by Crippen LogP contribution is -2.36. The Labute approximate surface area is 159 Å². The van der Waals surface area contributed by atoms with Gasteiger partial charge in [0.25, 0.3) is 0 Å². The molecule has 0 unspecified atom stereocenters. The first-order valence-electron chi connectivity index (χ1n) is 9.20. The second-order valence-corrected chi connectivity index (χ2v) is 7.06. The number of carbonyl (C=O) groups is 2. The number of rotatable bonds is 6. The van der Waals surface area contributed by atoms with Gasteiger partial charge >= 0.3 is 6.03 Å². The van der Waals surface area contributed by atoms with Crippen molar-refractivity contribution in [1.82, 2.24) is 20.3 Å². The van der Waals surface area contributed by atoms with Gasteiger partial charge in [0, 0.05) is 38.7 Å². The van der Waals surface area contributed by atoms with Crippen LogP contribution in [0.2, 0.25) is 0 Å². The molecule has 1 aromatic carbocycles. The van der Waals surface area contributed by atoms with Crippen LogP contribution in [-0.2, 0) is 24.4 Å². The highest BCUT2D eigenvalue weighted by atomic mass is 16.5. The number of nitrogens with zero attached hydrogens (tertiary/aromatic N) is 3. The van der Waals surface area contributed by atoms with Gasteiger partial charge in [0.05, 0.1) is 12.2 Å². The first-order chi connectivity index (χ1) is 12.9. The molecule has 0 bridgehead atoms. The fourth-order valence-corrected chi connectivity index (χ4v) is 3.28. The van der Waals surface area contributed by atoms with Gasteiger partial charge in [-0.15, -0.1) is 0 Å². The van der Waals surface area contributed by atoms with Crippen LogP contribution in [0.3, 0.4) is 0 Å². The third-order valence-corrected chi connectivity index (χ3v) is 4.90. The summed E-state index contributed by atoms with van der Waals surface area (Å²) in [5.41, 5.74) is 3.83. The molecule has 0 atom stereocenters. The SMILES string of the molecule is Cc1noc(C)c1CN(C)C(=O)NCc1cccc(CN2CCCC2=O)c1. The molecule has 1 aliphatic heterocycles. The third-order valence-electron chi connectivity index (χ3n) is 4.90. The molecule has 3 amide bonds. The van der Waals surface area contributed by atoms with Crippen LogP contribution in [0.5, 0.6) is 0 Å². The summed E-state index contributed by atoms with van der Waals surface area (Å²) < 4.78 is 5.14. The third kappa shape index (κ3) is 4.67. The zero-order valence-corrected chi connectivity index (χ0v) is 16.1. The number of hydrogen-bond acceptors (Lipinski definition) is 4. The van der Waals surface area contributed by atoms with E-state index < -0.39 is 0 Å². The molecule has 0 aliphatic carbocycles. The monoisotopic (exact) mass is 370 g/mol. The standard InChI is InChI=1S/C20H26N4O3/c1-14-18(15(2)27-22-14)13-23(3)20(26)21-11-16-6-4-7-17(10-16)12-24-9-5-8-19(24)25/h4,6-7,10H,5,8-9,11-13H2,1-3H3,(H,21,26). The van der Waals surface area contributed by atoms with Crippen molar-refractivity contribution in [3.8, 4) is 0 Å². The van der Waals surface area contributed by atoms with E-state index in [1.54, 1.807) is 11.9 Å². The van der Waals surface area contributed by atoms with Crippen LogP contribution >= 0.6 is 0 Å². The van der Waals surface area contributed by atoms with Crippen LogP contribution in [0.4, 0.5) is 4.79 Å². The molecule has 7 heteroatoms. The summed E-state index contributed by atoms with van der Waals surface area (Å²) in [6.45, 7) is 6.06. The number of aromatic nitrogens is 1. The van der Waals surface area contributed by atoms with Gasteiger partial charge in [-0.1, -0.05) is 29.4 Å². The fraction of sp³-hybridized carbons (Fsp3) is 0.450. The average molecular weight is 370 g/mol. The van der Waals surface area contributed by atoms with Gasteiger partial charge in [-0.05, 0) is 31.4 Å². The van der Waals surface area contributed by atoms with Crippen molar-refractivity contribution < 1.29 is 14.1 Å². The zero-order valence-electron chi connectivity index (χ0n) is 16.1. The first-order valence-corrected chi connectivity index (χ1v) is 9.20. The van der Waals surface area contributed by atoms with Gasteiger partial charge in [0.2, 0.25) is 5.91 Å². The van der Waals surface area contributed by atoms with Gasteiger partial charge in [-0.2, -0.15) is 0 Å². The Morgan fingerprint density at radius 1 is 1.33 bits per heavy atom. The average Bonchev–Trinajstić information content (AvgIpc) is 3.20. The Morgan fingerprint density at radius 3 is 2.78 bits per heavy atom. The van der Waals surface area contributed by atoms with Crippen LogP contribution in [-0.4, -0.2) is 40.5 Å². The maximum absolute atomic E-state index is 12.4. The molecule has 3 rings (SSSR count). The molecular weight excluding hydrogens is 344 g/mol. The Bertz CT molecular complexity index is 811. The summed E-state index contributed by atoms with van der Waals surface area (Å²) >= 11 is 0. The molecule has 27 heavy (non-hydrogen) atoms. The number of nitrogens with one attached hydrogen (secondary N) is 1. The van der Waals surface area contributed by atoms with Gasteiger partial charge in [-0.3, -0.25) is 4.79 Å². The van der Waals surface area contributed by atoms with Crippen LogP contribution < -0.4 is 5.32 Å². The van der Waals surface area contributed by atoms with E-state index in [0.717, 1.165) is 41.1 Å². The molecule has 2 heterocycles. The topological polar surface area (TPSA) is 78.7 Å². The molecular formula is C20H26N4O3. The first kappa shape index (κ1) is 18.9. The quantitative estimate of drug-likeness (QED) is 0.848. The Kier molecular flexibility index (Phi) is 5.78. The summed E-state index contributed by atoms with van der Waals surface area (Å²) in [7, 11) is 1.75. The normalized spacial score (nSPS) is 13.9. The van der Waals surface area contributed by atoms with Crippen molar-refractivity contribution >= 4 is 11.9 Å². The lowest BCUT2D eigenvalue weighted by atomic mass is 10.1. The van der Waals surface area contributed by atoms with Gasteiger partial charge < -0.3 is 19.6 Å². The fourth-order valence-electron chi connectivity index (χ4n) is 3.28. The summed E-state index contributed by atoms with van der Waals surface area (Å²) in [6.07, 6.45) is 1.58. The van der Waals surface area contributed by atoms with Gasteiger partial charge in [0.15, 0.2) is 0 Å². The lowest BCUT2D eigenvalue weighted by Gasteiger charge is -2.18. The van der Waals surface area contributed by atoms with E-state index in [-0.39, 0.29) is 11.9 Å². The predicted octanol–water partition coefficient (Wildman–Crippen LogP) is 2.76. The predicted molar refractivity (Wildman–Crippen MR) is 101 cm³/mol. The lowest BCUT2D eigenvalue weighted by molar-refractivity contribution is -0.128. The molecule has 1 aromatic heterocycles. The van der Waals surface area contributed by atoms with Crippen LogP contribution in [0, 0.1) is 13.8 Å². The number of likely N-dealkylation sites (tertiary alicyclic amines) is 1. The molecule has 1 aliphatic rings. The molecule has 2 aromatic rings. The van der Waals surface area contributed by atoms with Gasteiger partial charge in [-0.25, -0.2) is 4.79 Å². The van der Waals surface area contributed by atoms with Crippen LogP contribution in [0.25, 0.3) is 0 Å². The number of carbonyl (C=O) groups excluding carboxylic acids is 2. The molecule has 0 spiro atoms. The Morgan fingerprint density at radius 2 is 2.11 bits per heavy atom. The minimum absolute atomic E-state index is 0.157. The van der Waals surface area contributed by atoms with E-state index in [1.165, 1.54) is 0 Å². The largest absolute Gasteiger partial charge is 0.361 e. The molecule has 144 valence electrons. The van der Waals surface area contributed by atoms with Crippen molar-refractivity contribution in [3.63, 3.8) is 0 Å². The second-order valence-electron chi connectivity index (χ2n) is 7.06. The smallest absolute Gasteiger partial charge is 0.317 e. The summed E-state index contributed by atoms with van der Waals surface area (Å²) in [5.74, 6) is 0.950. The molecule has 1 fully saturated rings. The Balaban J connectivity index is 1.54. The Hall–Kier alpha value is -2.83. The summed E-state index contributed by atoms with van der Waals surface area (Å²) in [4.78, 5) is 27.7. The van der Waals surface area contributed by atoms with E-state index in [9.17, 15) is 9.59 Å². The maximum Gasteiger partial charge on any atom is 0.317 e. The molecule has 1 N–H and O–H groups in total. The van der Waals surface area contributed by atoms with Crippen molar-refractivity contribution in [2.24, 2.45) is 0 Å². The highest BCUT2D eigenvalue weighted by Gasteiger charge is 2.20. The van der Waals surface area contributed by atoms with Gasteiger partial charge in [0.1, 0.15) is 5.76 Å². The number of urea groups is 1. The highest BCUT2D eigenvalue weighted by Crippen LogP contribution is 2.16. The van der Waals surface area contributed by atoms with E-state index in [2.05, 4.69) is 10.5 Å². The van der Waals surface area contributed by atoms with E-state index in [0.29, 0.717) is 26.1 Å². The minimum atomic E-state index is -0.157. The number of benzene rings is 1. The molecule has 7 nitrogen and oxygen atoms in total. The number of aryl methyl sites for hydroxylation is 2. The molecule has 0 saturated carbocycles. The number of amides is 3. The molecule has 1 saturated heterocycles. The van der Waals surface area contributed by atoms with E-state index in [1.807, 2.05) is 43.0 Å². The summed E-state index contributed by atoms with van der Waals surface area (Å²) in [6, 6.07) is 7.84. The molecule has 0 radical (unpaired) electrons. The number of hydrogen-bond donors (Lipinski definition) is 1.